The van der Waals surface area contributed by atoms with E-state index in [9.17, 15) is 9.59 Å². The molecule has 0 bridgehead atoms. The lowest BCUT2D eigenvalue weighted by atomic mass is 9.80. The van der Waals surface area contributed by atoms with Gasteiger partial charge in [0.1, 0.15) is 0 Å². The van der Waals surface area contributed by atoms with Crippen LogP contribution in [0.3, 0.4) is 0 Å². The van der Waals surface area contributed by atoms with Gasteiger partial charge in [-0.05, 0) is 18.7 Å². The van der Waals surface area contributed by atoms with Gasteiger partial charge >= 0.3 is 13.1 Å². The fourth-order valence-electron chi connectivity index (χ4n) is 2.43. The number of hydrogen-bond acceptors (Lipinski definition) is 4. The molecule has 1 heterocycles. The molecule has 0 aromatic carbocycles. The second kappa shape index (κ2) is 6.75. The topological polar surface area (TPSA) is 98.1 Å². The number of carbonyl (C=O) groups is 2. The molecule has 1 saturated heterocycles. The van der Waals surface area contributed by atoms with Crippen LogP contribution in [0.25, 0.3) is 0 Å². The molecule has 1 aliphatic rings. The summed E-state index contributed by atoms with van der Waals surface area (Å²) in [4.78, 5) is 24.3. The number of likely N-dealkylation sites (tertiary alicyclic amines) is 1. The molecule has 0 aromatic heterocycles. The van der Waals surface area contributed by atoms with Crippen LogP contribution in [0.4, 0.5) is 0 Å². The number of carboxylic acid groups (broad SMARTS) is 1. The molecule has 0 saturated carbocycles. The highest BCUT2D eigenvalue weighted by molar-refractivity contribution is 6.40. The smallest absolute Gasteiger partial charge is 0.451 e. The standard InChI is InChI=1S/C11H20BNO5/c1-2-10(14)13-6-8(4-3-5-12(17)18)9(7-13)11(15)16/h8-9,17-18H,2-7H2,1H3,(H,15,16)/t8-,9+/m0/s1. The third kappa shape index (κ3) is 3.99. The zero-order chi connectivity index (χ0) is 13.7. The maximum atomic E-state index is 11.6. The molecule has 1 aliphatic heterocycles. The van der Waals surface area contributed by atoms with E-state index in [0.717, 1.165) is 0 Å². The van der Waals surface area contributed by atoms with Gasteiger partial charge in [0.2, 0.25) is 5.91 Å². The predicted molar refractivity (Wildman–Crippen MR) is 65.7 cm³/mol. The fraction of sp³-hybridized carbons (Fsp3) is 0.818. The van der Waals surface area contributed by atoms with Crippen LogP contribution >= 0.6 is 0 Å². The zero-order valence-corrected chi connectivity index (χ0v) is 10.6. The number of amides is 1. The third-order valence-electron chi connectivity index (χ3n) is 3.45. The van der Waals surface area contributed by atoms with Crippen molar-refractivity contribution in [3.05, 3.63) is 0 Å². The third-order valence-corrected chi connectivity index (χ3v) is 3.45. The van der Waals surface area contributed by atoms with Crippen LogP contribution in [0.15, 0.2) is 0 Å². The molecule has 0 aromatic rings. The van der Waals surface area contributed by atoms with E-state index in [2.05, 4.69) is 0 Å². The van der Waals surface area contributed by atoms with Crippen LogP contribution in [-0.2, 0) is 9.59 Å². The van der Waals surface area contributed by atoms with Crippen LogP contribution in [-0.4, -0.2) is 52.1 Å². The number of nitrogens with zero attached hydrogens (tertiary/aromatic N) is 1. The first-order valence-electron chi connectivity index (χ1n) is 6.32. The van der Waals surface area contributed by atoms with Crippen LogP contribution in [0.2, 0.25) is 6.32 Å². The van der Waals surface area contributed by atoms with Crippen molar-refractivity contribution in [1.82, 2.24) is 4.90 Å². The van der Waals surface area contributed by atoms with E-state index >= 15 is 0 Å². The van der Waals surface area contributed by atoms with E-state index in [1.165, 1.54) is 0 Å². The highest BCUT2D eigenvalue weighted by atomic mass is 16.4. The molecule has 6 nitrogen and oxygen atoms in total. The van der Waals surface area contributed by atoms with E-state index < -0.39 is 19.0 Å². The predicted octanol–water partition coefficient (Wildman–Crippen LogP) is -0.191. The quantitative estimate of drug-likeness (QED) is 0.573. The minimum Gasteiger partial charge on any atom is -0.481 e. The summed E-state index contributed by atoms with van der Waals surface area (Å²) in [6.07, 6.45) is 1.78. The minimum atomic E-state index is -1.34. The Morgan fingerprint density at radius 2 is 2.00 bits per heavy atom. The summed E-state index contributed by atoms with van der Waals surface area (Å²) in [5.74, 6) is -1.52. The monoisotopic (exact) mass is 257 g/mol. The fourth-order valence-corrected chi connectivity index (χ4v) is 2.43. The van der Waals surface area contributed by atoms with Gasteiger partial charge in [-0.3, -0.25) is 9.59 Å². The molecule has 1 amide bonds. The van der Waals surface area contributed by atoms with Crippen LogP contribution < -0.4 is 0 Å². The zero-order valence-electron chi connectivity index (χ0n) is 10.6. The first-order chi connectivity index (χ1) is 8.45. The summed E-state index contributed by atoms with van der Waals surface area (Å²) in [5, 5.41) is 26.6. The van der Waals surface area contributed by atoms with Crippen LogP contribution in [0.1, 0.15) is 26.2 Å². The Labute approximate surface area is 107 Å². The van der Waals surface area contributed by atoms with Gasteiger partial charge in [0.25, 0.3) is 0 Å². The summed E-state index contributed by atoms with van der Waals surface area (Å²) in [6.45, 7) is 2.49. The molecule has 3 N–H and O–H groups in total. The Hall–Kier alpha value is -1.08. The van der Waals surface area contributed by atoms with Crippen molar-refractivity contribution in [2.24, 2.45) is 11.8 Å². The van der Waals surface area contributed by atoms with E-state index in [-0.39, 0.29) is 24.7 Å². The average molecular weight is 257 g/mol. The number of carboxylic acids is 1. The van der Waals surface area contributed by atoms with E-state index in [1.54, 1.807) is 11.8 Å². The van der Waals surface area contributed by atoms with Crippen molar-refractivity contribution in [2.75, 3.05) is 13.1 Å². The first kappa shape index (κ1) is 15.0. The lowest BCUT2D eigenvalue weighted by Crippen LogP contribution is -2.29. The van der Waals surface area contributed by atoms with Crippen molar-refractivity contribution >= 4 is 19.0 Å². The molecule has 102 valence electrons. The Kier molecular flexibility index (Phi) is 5.62. The Balaban J connectivity index is 2.53. The van der Waals surface area contributed by atoms with E-state index in [0.29, 0.717) is 25.8 Å². The van der Waals surface area contributed by atoms with E-state index in [1.807, 2.05) is 0 Å². The van der Waals surface area contributed by atoms with Gasteiger partial charge in [0.15, 0.2) is 0 Å². The van der Waals surface area contributed by atoms with Crippen molar-refractivity contribution in [3.63, 3.8) is 0 Å². The van der Waals surface area contributed by atoms with Crippen molar-refractivity contribution < 1.29 is 24.7 Å². The molecule has 18 heavy (non-hydrogen) atoms. The number of carbonyl (C=O) groups excluding carboxylic acids is 1. The normalized spacial score (nSPS) is 23.2. The highest BCUT2D eigenvalue weighted by Crippen LogP contribution is 2.28. The lowest BCUT2D eigenvalue weighted by molar-refractivity contribution is -0.142. The Morgan fingerprint density at radius 3 is 2.50 bits per heavy atom. The molecule has 0 radical (unpaired) electrons. The van der Waals surface area contributed by atoms with E-state index in [4.69, 9.17) is 15.2 Å². The summed E-state index contributed by atoms with van der Waals surface area (Å²) in [7, 11) is -1.34. The van der Waals surface area contributed by atoms with Crippen molar-refractivity contribution in [3.8, 4) is 0 Å². The minimum absolute atomic E-state index is 0.0223. The van der Waals surface area contributed by atoms with Crippen molar-refractivity contribution in [1.29, 1.82) is 0 Å². The summed E-state index contributed by atoms with van der Waals surface area (Å²) in [6, 6.07) is 0. The molecular weight excluding hydrogens is 237 g/mol. The molecule has 0 unspecified atom stereocenters. The number of rotatable bonds is 6. The largest absolute Gasteiger partial charge is 0.481 e. The molecule has 2 atom stereocenters. The number of aliphatic carboxylic acids is 1. The average Bonchev–Trinajstić information content (AvgIpc) is 2.72. The number of hydrogen-bond donors (Lipinski definition) is 3. The SMILES string of the molecule is CCC(=O)N1C[C@H](CCCB(O)O)[C@H](C(=O)O)C1. The van der Waals surface area contributed by atoms with Gasteiger partial charge in [-0.25, -0.2) is 0 Å². The van der Waals surface area contributed by atoms with Gasteiger partial charge in [-0.1, -0.05) is 13.3 Å². The van der Waals surface area contributed by atoms with Gasteiger partial charge in [-0.15, -0.1) is 0 Å². The second-order valence-electron chi connectivity index (χ2n) is 4.77. The molecule has 1 rings (SSSR count). The summed E-state index contributed by atoms with van der Waals surface area (Å²) >= 11 is 0. The maximum Gasteiger partial charge on any atom is 0.451 e. The van der Waals surface area contributed by atoms with Crippen LogP contribution in [0, 0.1) is 11.8 Å². The van der Waals surface area contributed by atoms with Gasteiger partial charge < -0.3 is 20.1 Å². The van der Waals surface area contributed by atoms with Gasteiger partial charge in [0, 0.05) is 19.5 Å². The summed E-state index contributed by atoms with van der Waals surface area (Å²) < 4.78 is 0. The Morgan fingerprint density at radius 1 is 1.33 bits per heavy atom. The van der Waals surface area contributed by atoms with Crippen LogP contribution in [0.5, 0.6) is 0 Å². The molecular formula is C11H20BNO5. The van der Waals surface area contributed by atoms with Gasteiger partial charge in [0.05, 0.1) is 5.92 Å². The molecule has 7 heteroatoms. The maximum absolute atomic E-state index is 11.6. The second-order valence-corrected chi connectivity index (χ2v) is 4.77. The van der Waals surface area contributed by atoms with Crippen molar-refractivity contribution in [2.45, 2.75) is 32.5 Å². The lowest BCUT2D eigenvalue weighted by Gasteiger charge is -2.15. The first-order valence-corrected chi connectivity index (χ1v) is 6.32. The molecule has 0 spiro atoms. The summed E-state index contributed by atoms with van der Waals surface area (Å²) in [5.41, 5.74) is 0. The van der Waals surface area contributed by atoms with Gasteiger partial charge in [-0.2, -0.15) is 0 Å². The Bertz CT molecular complexity index is 310. The highest BCUT2D eigenvalue weighted by Gasteiger charge is 2.38. The molecule has 1 fully saturated rings. The molecule has 0 aliphatic carbocycles.